The van der Waals surface area contributed by atoms with Gasteiger partial charge in [0, 0.05) is 24.7 Å². The monoisotopic (exact) mass is 425 g/mol. The normalized spacial score (nSPS) is 27.1. The van der Waals surface area contributed by atoms with E-state index in [-0.39, 0.29) is 22.9 Å². The molecule has 1 saturated carbocycles. The Balaban J connectivity index is 1.57. The van der Waals surface area contributed by atoms with Gasteiger partial charge in [-0.3, -0.25) is 10.1 Å². The summed E-state index contributed by atoms with van der Waals surface area (Å²) in [5.41, 5.74) is -0.951. The van der Waals surface area contributed by atoms with Crippen LogP contribution in [0, 0.1) is 16.0 Å². The number of nitrogens with one attached hydrogen (secondary N) is 1. The smallest absolute Gasteiger partial charge is 0.407 e. The predicted octanol–water partition coefficient (Wildman–Crippen LogP) is 3.05. The van der Waals surface area contributed by atoms with Crippen molar-refractivity contribution in [3.05, 3.63) is 34.4 Å². The Morgan fingerprint density at radius 3 is 2.41 bits per heavy atom. The first-order chi connectivity index (χ1) is 13.5. The van der Waals surface area contributed by atoms with Gasteiger partial charge in [-0.05, 0) is 58.4 Å². The lowest BCUT2D eigenvalue weighted by molar-refractivity contribution is -0.387. The van der Waals surface area contributed by atoms with E-state index >= 15 is 0 Å². The van der Waals surface area contributed by atoms with E-state index in [1.54, 1.807) is 0 Å². The predicted molar refractivity (Wildman–Crippen MR) is 106 cm³/mol. The lowest BCUT2D eigenvalue weighted by Crippen LogP contribution is -2.41. The van der Waals surface area contributed by atoms with Crippen LogP contribution in [0.25, 0.3) is 0 Å². The van der Waals surface area contributed by atoms with Crippen molar-refractivity contribution in [2.24, 2.45) is 5.92 Å². The Morgan fingerprint density at radius 2 is 1.83 bits per heavy atom. The lowest BCUT2D eigenvalue weighted by Gasteiger charge is -2.30. The average molecular weight is 426 g/mol. The van der Waals surface area contributed by atoms with Gasteiger partial charge >= 0.3 is 6.09 Å². The molecule has 1 aliphatic carbocycles. The molecule has 2 unspecified atom stereocenters. The third-order valence-corrected chi connectivity index (χ3v) is 7.23. The fourth-order valence-electron chi connectivity index (χ4n) is 3.87. The zero-order valence-corrected chi connectivity index (χ0v) is 17.6. The Morgan fingerprint density at radius 1 is 1.21 bits per heavy atom. The molecule has 1 N–H and O–H groups in total. The Hall–Kier alpha value is -2.20. The first-order valence-electron chi connectivity index (χ1n) is 9.74. The topological polar surface area (TPSA) is 119 Å². The van der Waals surface area contributed by atoms with E-state index in [0.29, 0.717) is 6.54 Å². The molecule has 1 heterocycles. The van der Waals surface area contributed by atoms with E-state index in [1.165, 1.54) is 28.6 Å². The molecule has 1 aromatic rings. The number of hydrogen-bond acceptors (Lipinski definition) is 6. The average Bonchev–Trinajstić information content (AvgIpc) is 3.42. The zero-order chi connectivity index (χ0) is 21.4. The molecular formula is C19H27N3O6S. The van der Waals surface area contributed by atoms with Gasteiger partial charge in [0.25, 0.3) is 5.69 Å². The van der Waals surface area contributed by atoms with Crippen molar-refractivity contribution < 1.29 is 22.9 Å². The van der Waals surface area contributed by atoms with Gasteiger partial charge in [0.05, 0.1) is 4.92 Å². The van der Waals surface area contributed by atoms with Crippen LogP contribution < -0.4 is 5.32 Å². The molecule has 3 rings (SSSR count). The van der Waals surface area contributed by atoms with Gasteiger partial charge in [0.15, 0.2) is 4.90 Å². The molecule has 1 aliphatic heterocycles. The van der Waals surface area contributed by atoms with Gasteiger partial charge in [0.1, 0.15) is 5.60 Å². The minimum Gasteiger partial charge on any atom is -0.444 e. The molecule has 2 aliphatic rings. The molecule has 2 atom stereocenters. The van der Waals surface area contributed by atoms with E-state index in [2.05, 4.69) is 5.32 Å². The van der Waals surface area contributed by atoms with Crippen molar-refractivity contribution in [2.45, 2.75) is 69.0 Å². The van der Waals surface area contributed by atoms with Crippen molar-refractivity contribution in [1.29, 1.82) is 0 Å². The summed E-state index contributed by atoms with van der Waals surface area (Å²) >= 11 is 0. The Bertz CT molecular complexity index is 887. The summed E-state index contributed by atoms with van der Waals surface area (Å²) in [4.78, 5) is 22.2. The van der Waals surface area contributed by atoms with E-state index in [4.69, 9.17) is 4.74 Å². The number of amides is 1. The highest BCUT2D eigenvalue weighted by Crippen LogP contribution is 2.41. The lowest BCUT2D eigenvalue weighted by atomic mass is 9.84. The maximum atomic E-state index is 12.9. The van der Waals surface area contributed by atoms with Crippen LogP contribution in [0.4, 0.5) is 10.5 Å². The van der Waals surface area contributed by atoms with Gasteiger partial charge in [-0.15, -0.1) is 0 Å². The number of nitrogens with zero attached hydrogens (tertiary/aromatic N) is 2. The minimum absolute atomic E-state index is 0.0140. The van der Waals surface area contributed by atoms with E-state index in [1.807, 2.05) is 20.8 Å². The molecule has 0 aromatic heterocycles. The first-order valence-corrected chi connectivity index (χ1v) is 11.2. The molecule has 1 aromatic carbocycles. The fraction of sp³-hybridized carbons (Fsp3) is 0.632. The highest BCUT2D eigenvalue weighted by Gasteiger charge is 2.50. The summed E-state index contributed by atoms with van der Waals surface area (Å²) in [6, 6.07) is 5.31. The summed E-state index contributed by atoms with van der Waals surface area (Å²) in [7, 11) is -3.89. The number of benzene rings is 1. The molecule has 29 heavy (non-hydrogen) atoms. The van der Waals surface area contributed by atoms with Crippen molar-refractivity contribution >= 4 is 21.8 Å². The number of nitro benzene ring substituents is 1. The standard InChI is InChI=1S/C19H27N3O6S/c1-19(2,3)28-18(23)20-14-10-8-13(9-11-14)16-12-21(16)29(26,27)17-7-5-4-6-15(17)22(24)25/h4-7,13-14,16H,8-12H2,1-3H3,(H,20,23). The van der Waals surface area contributed by atoms with Crippen molar-refractivity contribution in [1.82, 2.24) is 9.62 Å². The number of sulfonamides is 1. The van der Waals surface area contributed by atoms with Crippen molar-refractivity contribution in [2.75, 3.05) is 6.54 Å². The van der Waals surface area contributed by atoms with Gasteiger partial charge < -0.3 is 10.1 Å². The van der Waals surface area contributed by atoms with Gasteiger partial charge in [-0.25, -0.2) is 13.2 Å². The summed E-state index contributed by atoms with van der Waals surface area (Å²) in [6.45, 7) is 5.80. The molecule has 2 fully saturated rings. The highest BCUT2D eigenvalue weighted by atomic mass is 32.2. The van der Waals surface area contributed by atoms with E-state index < -0.39 is 32.3 Å². The number of carbonyl (C=O) groups is 1. The second-order valence-corrected chi connectivity index (χ2v) is 10.5. The van der Waals surface area contributed by atoms with Crippen LogP contribution in [0.5, 0.6) is 0 Å². The first kappa shape index (κ1) is 21.5. The largest absolute Gasteiger partial charge is 0.444 e. The molecule has 10 heteroatoms. The molecule has 0 radical (unpaired) electrons. The SMILES string of the molecule is CC(C)(C)OC(=O)NC1CCC(C2CN2S(=O)(=O)c2ccccc2[N+](=O)[O-])CC1. The number of hydrogen-bond donors (Lipinski definition) is 1. The van der Waals surface area contributed by atoms with Crippen LogP contribution in [-0.2, 0) is 14.8 Å². The molecule has 1 amide bonds. The second kappa shape index (κ2) is 7.91. The fourth-order valence-corrected chi connectivity index (χ4v) is 5.66. The number of carbonyl (C=O) groups excluding carboxylic acids is 1. The number of nitro groups is 1. The molecular weight excluding hydrogens is 398 g/mol. The number of alkyl carbamates (subject to hydrolysis) is 1. The van der Waals surface area contributed by atoms with Gasteiger partial charge in [-0.2, -0.15) is 4.31 Å². The van der Waals surface area contributed by atoms with Crippen LogP contribution in [0.3, 0.4) is 0 Å². The van der Waals surface area contributed by atoms with Crippen molar-refractivity contribution in [3.8, 4) is 0 Å². The summed E-state index contributed by atoms with van der Waals surface area (Å²) in [5.74, 6) is 0.184. The quantitative estimate of drug-likeness (QED) is 0.440. The molecule has 160 valence electrons. The van der Waals surface area contributed by atoms with Crippen LogP contribution in [0.2, 0.25) is 0 Å². The number of rotatable bonds is 5. The Labute approximate surface area is 170 Å². The summed E-state index contributed by atoms with van der Waals surface area (Å²) < 4.78 is 32.4. The zero-order valence-electron chi connectivity index (χ0n) is 16.8. The van der Waals surface area contributed by atoms with Gasteiger partial charge in [-0.1, -0.05) is 12.1 Å². The summed E-state index contributed by atoms with van der Waals surface area (Å²) in [5, 5.41) is 14.1. The van der Waals surface area contributed by atoms with Crippen molar-refractivity contribution in [3.63, 3.8) is 0 Å². The molecule has 9 nitrogen and oxygen atoms in total. The number of para-hydroxylation sites is 1. The van der Waals surface area contributed by atoms with Gasteiger partial charge in [0.2, 0.25) is 10.0 Å². The number of ether oxygens (including phenoxy) is 1. The van der Waals surface area contributed by atoms with Crippen LogP contribution >= 0.6 is 0 Å². The highest BCUT2D eigenvalue weighted by molar-refractivity contribution is 7.89. The molecule has 1 saturated heterocycles. The second-order valence-electron chi connectivity index (χ2n) is 8.62. The maximum Gasteiger partial charge on any atom is 0.407 e. The van der Waals surface area contributed by atoms with Crippen LogP contribution in [0.1, 0.15) is 46.5 Å². The third kappa shape index (κ3) is 5.05. The minimum atomic E-state index is -3.89. The molecule has 0 spiro atoms. The Kier molecular flexibility index (Phi) is 5.86. The summed E-state index contributed by atoms with van der Waals surface area (Å²) in [6.07, 6.45) is 2.63. The van der Waals surface area contributed by atoms with E-state index in [0.717, 1.165) is 25.7 Å². The van der Waals surface area contributed by atoms with Crippen LogP contribution in [0.15, 0.2) is 29.2 Å². The van der Waals surface area contributed by atoms with Crippen LogP contribution in [-0.4, -0.2) is 48.0 Å². The molecule has 0 bridgehead atoms. The maximum absolute atomic E-state index is 12.9. The third-order valence-electron chi connectivity index (χ3n) is 5.29. The van der Waals surface area contributed by atoms with E-state index in [9.17, 15) is 23.3 Å².